The summed E-state index contributed by atoms with van der Waals surface area (Å²) < 4.78 is 44.2. The van der Waals surface area contributed by atoms with Crippen molar-refractivity contribution in [1.82, 2.24) is 5.32 Å². The molecule has 1 atom stereocenters. The fraction of sp³-hybridized carbons (Fsp3) is 0.300. The van der Waals surface area contributed by atoms with Crippen molar-refractivity contribution >= 4 is 11.7 Å². The molecule has 7 nitrogen and oxygen atoms in total. The average molecular weight is 407 g/mol. The van der Waals surface area contributed by atoms with Crippen LogP contribution in [0.15, 0.2) is 30.3 Å². The predicted octanol–water partition coefficient (Wildman–Crippen LogP) is 2.66. The van der Waals surface area contributed by atoms with Crippen molar-refractivity contribution in [2.45, 2.75) is 19.6 Å². The normalized spacial score (nSPS) is 11.6. The summed E-state index contributed by atoms with van der Waals surface area (Å²) in [6.07, 6.45) is -1.48. The summed E-state index contributed by atoms with van der Waals surface area (Å²) in [5.41, 5.74) is 6.02. The lowest BCUT2D eigenvalue weighted by atomic mass is 10.1. The number of nitrogen functional groups attached to an aromatic ring is 1. The van der Waals surface area contributed by atoms with Gasteiger partial charge in [-0.25, -0.2) is 8.78 Å². The van der Waals surface area contributed by atoms with Gasteiger partial charge in [0.2, 0.25) is 0 Å². The van der Waals surface area contributed by atoms with Crippen LogP contribution in [0.1, 0.15) is 29.7 Å². The number of methoxy groups -OCH3 is 2. The maximum Gasteiger partial charge on any atom is 0.254 e. The Labute approximate surface area is 167 Å². The van der Waals surface area contributed by atoms with Crippen molar-refractivity contribution in [3.05, 3.63) is 58.7 Å². The van der Waals surface area contributed by atoms with Gasteiger partial charge >= 0.3 is 0 Å². The molecule has 0 saturated heterocycles. The highest BCUT2D eigenvalue weighted by molar-refractivity contribution is 5.95. The van der Waals surface area contributed by atoms with E-state index in [2.05, 4.69) is 5.32 Å². The third kappa shape index (κ3) is 5.20. The van der Waals surface area contributed by atoms with Gasteiger partial charge in [0.05, 0.1) is 19.8 Å². The van der Waals surface area contributed by atoms with E-state index in [1.54, 1.807) is 25.1 Å². The van der Waals surface area contributed by atoms with Crippen molar-refractivity contribution in [2.75, 3.05) is 20.8 Å². The van der Waals surface area contributed by atoms with Crippen LogP contribution in [-0.2, 0) is 16.1 Å². The fourth-order valence-corrected chi connectivity index (χ4v) is 2.72. The molecule has 0 unspecified atom stereocenters. The Hall–Kier alpha value is -3.20. The molecule has 0 radical (unpaired) electrons. The van der Waals surface area contributed by atoms with Crippen LogP contribution in [0.2, 0.25) is 0 Å². The van der Waals surface area contributed by atoms with Crippen molar-refractivity contribution < 1.29 is 27.8 Å². The second-order valence-electron chi connectivity index (χ2n) is 6.00. The highest BCUT2D eigenvalue weighted by Gasteiger charge is 2.28. The second-order valence-corrected chi connectivity index (χ2v) is 6.00. The van der Waals surface area contributed by atoms with Crippen molar-refractivity contribution in [2.24, 2.45) is 5.73 Å². The minimum absolute atomic E-state index is 0.00490. The highest BCUT2D eigenvalue weighted by atomic mass is 19.1. The minimum Gasteiger partial charge on any atom is -0.497 e. The Morgan fingerprint density at radius 1 is 1.17 bits per heavy atom. The number of ether oxygens (including phenoxy) is 3. The average Bonchev–Trinajstić information content (AvgIpc) is 2.70. The van der Waals surface area contributed by atoms with Crippen LogP contribution in [-0.4, -0.2) is 32.6 Å². The maximum atomic E-state index is 14.4. The largest absolute Gasteiger partial charge is 0.497 e. The first-order valence-electron chi connectivity index (χ1n) is 8.75. The van der Waals surface area contributed by atoms with E-state index < -0.39 is 29.2 Å². The number of hydrogen-bond acceptors (Lipinski definition) is 5. The number of nitrogens with two attached hydrogens (primary N) is 1. The lowest BCUT2D eigenvalue weighted by molar-refractivity contribution is -0.133. The molecule has 2 aromatic carbocycles. The first kappa shape index (κ1) is 22.1. The molecule has 0 aromatic heterocycles. The van der Waals surface area contributed by atoms with E-state index in [9.17, 15) is 13.6 Å². The van der Waals surface area contributed by atoms with Crippen LogP contribution in [0.4, 0.5) is 8.78 Å². The van der Waals surface area contributed by atoms with E-state index in [1.165, 1.54) is 14.2 Å². The molecule has 0 spiro atoms. The zero-order chi connectivity index (χ0) is 21.6. The van der Waals surface area contributed by atoms with Crippen LogP contribution >= 0.6 is 0 Å². The van der Waals surface area contributed by atoms with Crippen molar-refractivity contribution in [3.63, 3.8) is 0 Å². The molecule has 2 rings (SSSR count). The topological polar surface area (TPSA) is 107 Å². The van der Waals surface area contributed by atoms with Gasteiger partial charge in [0.1, 0.15) is 29.0 Å². The summed E-state index contributed by atoms with van der Waals surface area (Å²) in [5, 5.41) is 10.1. The van der Waals surface area contributed by atoms with Gasteiger partial charge in [0.25, 0.3) is 5.91 Å². The Morgan fingerprint density at radius 3 is 2.34 bits per heavy atom. The summed E-state index contributed by atoms with van der Waals surface area (Å²) in [5.74, 6) is -2.33. The van der Waals surface area contributed by atoms with Gasteiger partial charge in [-0.05, 0) is 13.0 Å². The molecule has 0 saturated carbocycles. The molecule has 0 bridgehead atoms. The summed E-state index contributed by atoms with van der Waals surface area (Å²) >= 11 is 0. The molecule has 9 heteroatoms. The van der Waals surface area contributed by atoms with Crippen LogP contribution in [0.25, 0.3) is 0 Å². The van der Waals surface area contributed by atoms with E-state index >= 15 is 0 Å². The van der Waals surface area contributed by atoms with Crippen LogP contribution < -0.4 is 20.5 Å². The van der Waals surface area contributed by atoms with E-state index in [0.717, 1.165) is 12.1 Å². The Balaban J connectivity index is 2.24. The molecule has 0 aliphatic heterocycles. The summed E-state index contributed by atoms with van der Waals surface area (Å²) in [4.78, 5) is 12.6. The third-order valence-electron chi connectivity index (χ3n) is 4.17. The number of carbonyl (C=O) groups is 1. The summed E-state index contributed by atoms with van der Waals surface area (Å²) in [6.45, 7) is 1.70. The number of nitrogens with one attached hydrogen (secondary N) is 2. The van der Waals surface area contributed by atoms with Crippen molar-refractivity contribution in [1.29, 1.82) is 5.41 Å². The van der Waals surface area contributed by atoms with Gasteiger partial charge in [0.15, 0.2) is 6.10 Å². The SMILES string of the molecule is CCO[C@H](C(=O)NCc1ccc(C(=N)N)cc1OC)c1c(F)cc(OC)cc1F. The molecule has 156 valence electrons. The van der Waals surface area contributed by atoms with Gasteiger partial charge in [-0.3, -0.25) is 10.2 Å². The van der Waals surface area contributed by atoms with Crippen LogP contribution in [0.3, 0.4) is 0 Å². The number of benzene rings is 2. The Morgan fingerprint density at radius 2 is 1.83 bits per heavy atom. The van der Waals surface area contributed by atoms with E-state index in [4.69, 9.17) is 25.4 Å². The van der Waals surface area contributed by atoms with Crippen LogP contribution in [0.5, 0.6) is 11.5 Å². The smallest absolute Gasteiger partial charge is 0.254 e. The maximum absolute atomic E-state index is 14.4. The Kier molecular flexibility index (Phi) is 7.49. The van der Waals surface area contributed by atoms with E-state index in [0.29, 0.717) is 16.9 Å². The molecule has 0 heterocycles. The van der Waals surface area contributed by atoms with Gasteiger partial charge < -0.3 is 25.3 Å². The number of halogens is 2. The highest BCUT2D eigenvalue weighted by Crippen LogP contribution is 2.28. The first-order valence-corrected chi connectivity index (χ1v) is 8.75. The number of carbonyl (C=O) groups excluding carboxylic acids is 1. The molecule has 4 N–H and O–H groups in total. The summed E-state index contributed by atoms with van der Waals surface area (Å²) in [6, 6.07) is 6.78. The number of amidine groups is 1. The molecule has 0 aliphatic rings. The molecule has 1 amide bonds. The predicted molar refractivity (Wildman–Crippen MR) is 103 cm³/mol. The first-order chi connectivity index (χ1) is 13.8. The van der Waals surface area contributed by atoms with Crippen molar-refractivity contribution in [3.8, 4) is 11.5 Å². The molecule has 2 aromatic rings. The van der Waals surface area contributed by atoms with Crippen LogP contribution in [0, 0.1) is 17.0 Å². The van der Waals surface area contributed by atoms with Gasteiger partial charge in [-0.2, -0.15) is 0 Å². The second kappa shape index (κ2) is 9.83. The minimum atomic E-state index is -1.48. The van der Waals surface area contributed by atoms with Gasteiger partial charge in [0, 0.05) is 36.4 Å². The zero-order valence-corrected chi connectivity index (χ0v) is 16.3. The Bertz CT molecular complexity index is 882. The quantitative estimate of drug-likeness (QED) is 0.438. The number of amides is 1. The molecule has 0 aliphatic carbocycles. The molecule has 0 fully saturated rings. The van der Waals surface area contributed by atoms with E-state index in [1.807, 2.05) is 0 Å². The van der Waals surface area contributed by atoms with Gasteiger partial charge in [-0.15, -0.1) is 0 Å². The lowest BCUT2D eigenvalue weighted by Gasteiger charge is -2.19. The fourth-order valence-electron chi connectivity index (χ4n) is 2.72. The number of hydrogen-bond donors (Lipinski definition) is 3. The molecule has 29 heavy (non-hydrogen) atoms. The van der Waals surface area contributed by atoms with E-state index in [-0.39, 0.29) is 24.7 Å². The number of rotatable bonds is 9. The third-order valence-corrected chi connectivity index (χ3v) is 4.17. The zero-order valence-electron chi connectivity index (χ0n) is 16.3. The molecular weight excluding hydrogens is 384 g/mol. The molecular formula is C20H23F2N3O4. The van der Waals surface area contributed by atoms with Gasteiger partial charge in [-0.1, -0.05) is 12.1 Å². The standard InChI is InChI=1S/C20H23F2N3O4/c1-4-29-18(17-14(21)8-13(27-2)9-15(17)22)20(26)25-10-12-6-5-11(19(23)24)7-16(12)28-3/h5-9,18H,4,10H2,1-3H3,(H3,23,24)(H,25,26)/t18-/m0/s1. The summed E-state index contributed by atoms with van der Waals surface area (Å²) in [7, 11) is 2.72. The lowest BCUT2D eigenvalue weighted by Crippen LogP contribution is -2.32. The monoisotopic (exact) mass is 407 g/mol.